The second kappa shape index (κ2) is 5.13. The monoisotopic (exact) mass is 240 g/mol. The van der Waals surface area contributed by atoms with Gasteiger partial charge in [-0.25, -0.2) is 0 Å². The number of nitrogens with one attached hydrogen (secondary N) is 2. The van der Waals surface area contributed by atoms with E-state index in [2.05, 4.69) is 67.8 Å². The minimum atomic E-state index is 1.16. The third kappa shape index (κ3) is 2.33. The van der Waals surface area contributed by atoms with Gasteiger partial charge in [-0.3, -0.25) is 0 Å². The van der Waals surface area contributed by atoms with E-state index in [9.17, 15) is 0 Å². The van der Waals surface area contributed by atoms with Crippen LogP contribution in [-0.4, -0.2) is 7.05 Å². The van der Waals surface area contributed by atoms with Crippen molar-refractivity contribution in [1.82, 2.24) is 0 Å². The Bertz CT molecular complexity index is 559. The minimum absolute atomic E-state index is 1.16. The van der Waals surface area contributed by atoms with Crippen LogP contribution in [-0.2, 0) is 0 Å². The van der Waals surface area contributed by atoms with Crippen molar-refractivity contribution >= 4 is 17.1 Å². The van der Waals surface area contributed by atoms with Crippen LogP contribution in [0.4, 0.5) is 17.1 Å². The van der Waals surface area contributed by atoms with Gasteiger partial charge in [-0.15, -0.1) is 0 Å². The van der Waals surface area contributed by atoms with Crippen molar-refractivity contribution in [2.45, 2.75) is 20.8 Å². The van der Waals surface area contributed by atoms with Gasteiger partial charge in [0.1, 0.15) is 0 Å². The van der Waals surface area contributed by atoms with Gasteiger partial charge in [-0.05, 0) is 43.5 Å². The molecule has 2 aromatic carbocycles. The Kier molecular flexibility index (Phi) is 3.56. The van der Waals surface area contributed by atoms with Crippen LogP contribution in [0.1, 0.15) is 16.7 Å². The zero-order valence-electron chi connectivity index (χ0n) is 11.5. The fourth-order valence-corrected chi connectivity index (χ4v) is 2.14. The molecular formula is C16H20N2. The van der Waals surface area contributed by atoms with Crippen molar-refractivity contribution < 1.29 is 0 Å². The molecule has 0 spiro atoms. The maximum absolute atomic E-state index is 3.54. The van der Waals surface area contributed by atoms with Crippen molar-refractivity contribution in [2.75, 3.05) is 17.7 Å². The molecule has 2 nitrogen and oxygen atoms in total. The summed E-state index contributed by atoms with van der Waals surface area (Å²) >= 11 is 0. The molecule has 0 aliphatic heterocycles. The molecule has 0 radical (unpaired) electrons. The summed E-state index contributed by atoms with van der Waals surface area (Å²) < 4.78 is 0. The Morgan fingerprint density at radius 2 is 1.33 bits per heavy atom. The van der Waals surface area contributed by atoms with Gasteiger partial charge in [0.2, 0.25) is 0 Å². The maximum atomic E-state index is 3.54. The lowest BCUT2D eigenvalue weighted by Gasteiger charge is -2.18. The number of aryl methyl sites for hydroxylation is 3. The number of rotatable bonds is 3. The molecule has 2 N–H and O–H groups in total. The quantitative estimate of drug-likeness (QED) is 0.831. The zero-order chi connectivity index (χ0) is 13.1. The third-order valence-corrected chi connectivity index (χ3v) is 3.28. The van der Waals surface area contributed by atoms with Crippen molar-refractivity contribution in [3.63, 3.8) is 0 Å². The van der Waals surface area contributed by atoms with Crippen LogP contribution in [0, 0.1) is 20.8 Å². The number of hydrogen-bond donors (Lipinski definition) is 2. The Hall–Kier alpha value is -1.96. The molecule has 18 heavy (non-hydrogen) atoms. The Morgan fingerprint density at radius 1 is 0.722 bits per heavy atom. The van der Waals surface area contributed by atoms with Gasteiger partial charge in [-0.2, -0.15) is 0 Å². The van der Waals surface area contributed by atoms with Gasteiger partial charge in [-0.1, -0.05) is 30.3 Å². The standard InChI is InChI=1S/C16H20N2/c1-11-7-5-6-8-14(11)18-16-13(3)10-9-12(2)15(16)17-4/h5-10,17-18H,1-4H3. The van der Waals surface area contributed by atoms with Crippen LogP contribution in [0.25, 0.3) is 0 Å². The number of hydrogen-bond acceptors (Lipinski definition) is 2. The fraction of sp³-hybridized carbons (Fsp3) is 0.250. The predicted molar refractivity (Wildman–Crippen MR) is 79.9 cm³/mol. The van der Waals surface area contributed by atoms with E-state index in [4.69, 9.17) is 0 Å². The molecule has 0 aliphatic rings. The van der Waals surface area contributed by atoms with Crippen molar-refractivity contribution in [3.8, 4) is 0 Å². The average Bonchev–Trinajstić information content (AvgIpc) is 2.37. The van der Waals surface area contributed by atoms with E-state index in [1.807, 2.05) is 7.05 Å². The van der Waals surface area contributed by atoms with E-state index in [0.29, 0.717) is 0 Å². The molecule has 0 aromatic heterocycles. The number of anilines is 3. The number of benzene rings is 2. The normalized spacial score (nSPS) is 10.2. The predicted octanol–water partition coefficient (Wildman–Crippen LogP) is 4.40. The molecule has 0 atom stereocenters. The second-order valence-electron chi connectivity index (χ2n) is 4.64. The lowest BCUT2D eigenvalue weighted by Crippen LogP contribution is -2.02. The lowest BCUT2D eigenvalue weighted by atomic mass is 10.1. The highest BCUT2D eigenvalue weighted by molar-refractivity contribution is 5.80. The molecule has 0 saturated carbocycles. The summed E-state index contributed by atoms with van der Waals surface area (Å²) in [6.45, 7) is 6.36. The molecule has 2 rings (SSSR count). The van der Waals surface area contributed by atoms with E-state index < -0.39 is 0 Å². The summed E-state index contributed by atoms with van der Waals surface area (Å²) in [5, 5.41) is 6.82. The van der Waals surface area contributed by atoms with Gasteiger partial charge >= 0.3 is 0 Å². The first-order chi connectivity index (χ1) is 8.63. The van der Waals surface area contributed by atoms with Gasteiger partial charge in [0.15, 0.2) is 0 Å². The highest BCUT2D eigenvalue weighted by Gasteiger charge is 2.08. The molecule has 0 amide bonds. The molecule has 2 aromatic rings. The van der Waals surface area contributed by atoms with Crippen LogP contribution in [0.5, 0.6) is 0 Å². The van der Waals surface area contributed by atoms with E-state index in [1.54, 1.807) is 0 Å². The summed E-state index contributed by atoms with van der Waals surface area (Å²) in [6, 6.07) is 12.6. The Morgan fingerprint density at radius 3 is 1.94 bits per heavy atom. The van der Waals surface area contributed by atoms with Gasteiger partial charge in [0.05, 0.1) is 11.4 Å². The first-order valence-electron chi connectivity index (χ1n) is 6.24. The summed E-state index contributed by atoms with van der Waals surface area (Å²) in [4.78, 5) is 0. The largest absolute Gasteiger partial charge is 0.386 e. The summed E-state index contributed by atoms with van der Waals surface area (Å²) in [5.74, 6) is 0. The van der Waals surface area contributed by atoms with Crippen molar-refractivity contribution in [3.05, 3.63) is 53.1 Å². The zero-order valence-corrected chi connectivity index (χ0v) is 11.5. The van der Waals surface area contributed by atoms with E-state index >= 15 is 0 Å². The van der Waals surface area contributed by atoms with E-state index in [0.717, 1.165) is 11.4 Å². The molecule has 0 bridgehead atoms. The third-order valence-electron chi connectivity index (χ3n) is 3.28. The molecule has 0 fully saturated rings. The lowest BCUT2D eigenvalue weighted by molar-refractivity contribution is 1.33. The Labute approximate surface area is 109 Å². The molecular weight excluding hydrogens is 220 g/mol. The average molecular weight is 240 g/mol. The van der Waals surface area contributed by atoms with Crippen LogP contribution in [0.3, 0.4) is 0 Å². The molecule has 0 heterocycles. The smallest absolute Gasteiger partial charge is 0.0652 e. The summed E-state index contributed by atoms with van der Waals surface area (Å²) in [5.41, 5.74) is 7.22. The van der Waals surface area contributed by atoms with Gasteiger partial charge in [0.25, 0.3) is 0 Å². The molecule has 2 heteroatoms. The first-order valence-corrected chi connectivity index (χ1v) is 6.24. The van der Waals surface area contributed by atoms with Crippen LogP contribution in [0.2, 0.25) is 0 Å². The van der Waals surface area contributed by atoms with Crippen molar-refractivity contribution in [2.24, 2.45) is 0 Å². The topological polar surface area (TPSA) is 24.1 Å². The summed E-state index contributed by atoms with van der Waals surface area (Å²) in [6.07, 6.45) is 0. The second-order valence-corrected chi connectivity index (χ2v) is 4.64. The van der Waals surface area contributed by atoms with Crippen molar-refractivity contribution in [1.29, 1.82) is 0 Å². The SMILES string of the molecule is CNc1c(C)ccc(C)c1Nc1ccccc1C. The van der Waals surface area contributed by atoms with Crippen LogP contribution in [0.15, 0.2) is 36.4 Å². The molecule has 94 valence electrons. The summed E-state index contributed by atoms with van der Waals surface area (Å²) in [7, 11) is 1.96. The molecule has 0 unspecified atom stereocenters. The maximum Gasteiger partial charge on any atom is 0.0652 e. The highest BCUT2D eigenvalue weighted by Crippen LogP contribution is 2.32. The van der Waals surface area contributed by atoms with Crippen LogP contribution >= 0.6 is 0 Å². The fourth-order valence-electron chi connectivity index (χ4n) is 2.14. The van der Waals surface area contributed by atoms with E-state index in [-0.39, 0.29) is 0 Å². The highest BCUT2D eigenvalue weighted by atomic mass is 14.9. The van der Waals surface area contributed by atoms with Gasteiger partial charge in [0, 0.05) is 12.7 Å². The Balaban J connectivity index is 2.46. The molecule has 0 saturated heterocycles. The number of para-hydroxylation sites is 1. The van der Waals surface area contributed by atoms with E-state index in [1.165, 1.54) is 22.4 Å². The van der Waals surface area contributed by atoms with Gasteiger partial charge < -0.3 is 10.6 Å². The van der Waals surface area contributed by atoms with Crippen LogP contribution < -0.4 is 10.6 Å². The minimum Gasteiger partial charge on any atom is -0.386 e. The molecule has 0 aliphatic carbocycles. The first kappa shape index (κ1) is 12.5.